The summed E-state index contributed by atoms with van der Waals surface area (Å²) in [6.07, 6.45) is 0.748. The molecule has 1 aromatic heterocycles. The Hall–Kier alpha value is -1.40. The van der Waals surface area contributed by atoms with E-state index in [1.165, 1.54) is 0 Å². The summed E-state index contributed by atoms with van der Waals surface area (Å²) in [7, 11) is 0. The number of halogens is 1. The average Bonchev–Trinajstić information content (AvgIpc) is 2.73. The van der Waals surface area contributed by atoms with Crippen molar-refractivity contribution in [1.29, 1.82) is 0 Å². The summed E-state index contributed by atoms with van der Waals surface area (Å²) in [6.45, 7) is 3.99. The number of aromatic nitrogens is 2. The monoisotopic (exact) mass is 325 g/mol. The molecular formula is C13H16BrN3O2. The van der Waals surface area contributed by atoms with Crippen LogP contribution in [0.5, 0.6) is 5.75 Å². The summed E-state index contributed by atoms with van der Waals surface area (Å²) in [6, 6.07) is 5.92. The first-order chi connectivity index (χ1) is 9.04. The lowest BCUT2D eigenvalue weighted by molar-refractivity contribution is 0.240. The SMILES string of the molecule is Cc1noc(COc2ccc(Br)cc2CC(C)N)n1. The molecule has 0 amide bonds. The number of hydrogen-bond acceptors (Lipinski definition) is 5. The van der Waals surface area contributed by atoms with Crippen molar-refractivity contribution in [3.63, 3.8) is 0 Å². The number of ether oxygens (including phenoxy) is 1. The van der Waals surface area contributed by atoms with E-state index in [-0.39, 0.29) is 12.6 Å². The fourth-order valence-corrected chi connectivity index (χ4v) is 2.14. The zero-order valence-electron chi connectivity index (χ0n) is 10.9. The molecule has 6 heteroatoms. The van der Waals surface area contributed by atoms with Gasteiger partial charge in [0.25, 0.3) is 5.89 Å². The summed E-state index contributed by atoms with van der Waals surface area (Å²) in [5.74, 6) is 1.86. The second-order valence-corrected chi connectivity index (χ2v) is 5.37. The maximum absolute atomic E-state index is 5.84. The van der Waals surface area contributed by atoms with Crippen LogP contribution >= 0.6 is 15.9 Å². The summed E-state index contributed by atoms with van der Waals surface area (Å²) in [5, 5.41) is 3.72. The van der Waals surface area contributed by atoms with Crippen LogP contribution in [0.2, 0.25) is 0 Å². The molecule has 1 atom stereocenters. The molecule has 0 aliphatic rings. The van der Waals surface area contributed by atoms with Crippen molar-refractivity contribution in [3.05, 3.63) is 40.0 Å². The van der Waals surface area contributed by atoms with Crippen LogP contribution in [0.3, 0.4) is 0 Å². The molecule has 0 bridgehead atoms. The van der Waals surface area contributed by atoms with E-state index < -0.39 is 0 Å². The van der Waals surface area contributed by atoms with Crippen LogP contribution in [-0.2, 0) is 13.0 Å². The lowest BCUT2D eigenvalue weighted by Crippen LogP contribution is -2.18. The second-order valence-electron chi connectivity index (χ2n) is 4.46. The number of benzene rings is 1. The third-order valence-electron chi connectivity index (χ3n) is 2.49. The van der Waals surface area contributed by atoms with Crippen LogP contribution in [0, 0.1) is 6.92 Å². The van der Waals surface area contributed by atoms with Crippen LogP contribution in [-0.4, -0.2) is 16.2 Å². The van der Waals surface area contributed by atoms with E-state index in [0.29, 0.717) is 11.7 Å². The zero-order valence-corrected chi connectivity index (χ0v) is 12.5. The van der Waals surface area contributed by atoms with Gasteiger partial charge < -0.3 is 15.0 Å². The predicted molar refractivity (Wildman–Crippen MR) is 74.9 cm³/mol. The molecule has 5 nitrogen and oxygen atoms in total. The van der Waals surface area contributed by atoms with Gasteiger partial charge in [-0.2, -0.15) is 4.98 Å². The Bertz CT molecular complexity index is 555. The fraction of sp³-hybridized carbons (Fsp3) is 0.385. The van der Waals surface area contributed by atoms with Crippen molar-refractivity contribution in [2.75, 3.05) is 0 Å². The normalized spacial score (nSPS) is 12.4. The van der Waals surface area contributed by atoms with Crippen LogP contribution < -0.4 is 10.5 Å². The van der Waals surface area contributed by atoms with Gasteiger partial charge in [-0.05, 0) is 44.0 Å². The summed E-state index contributed by atoms with van der Waals surface area (Å²) >= 11 is 3.45. The third kappa shape index (κ3) is 4.04. The predicted octanol–water partition coefficient (Wildman–Crippen LogP) is 2.61. The first-order valence-corrected chi connectivity index (χ1v) is 6.80. The van der Waals surface area contributed by atoms with E-state index in [9.17, 15) is 0 Å². The molecule has 2 N–H and O–H groups in total. The molecule has 1 unspecified atom stereocenters. The molecule has 19 heavy (non-hydrogen) atoms. The van der Waals surface area contributed by atoms with Crippen LogP contribution in [0.15, 0.2) is 27.2 Å². The van der Waals surface area contributed by atoms with Crippen molar-refractivity contribution in [2.24, 2.45) is 5.73 Å². The van der Waals surface area contributed by atoms with Crippen molar-refractivity contribution in [3.8, 4) is 5.75 Å². The van der Waals surface area contributed by atoms with Crippen molar-refractivity contribution in [1.82, 2.24) is 10.1 Å². The van der Waals surface area contributed by atoms with E-state index >= 15 is 0 Å². The van der Waals surface area contributed by atoms with Gasteiger partial charge in [-0.3, -0.25) is 0 Å². The van der Waals surface area contributed by atoms with Crippen LogP contribution in [0.25, 0.3) is 0 Å². The van der Waals surface area contributed by atoms with Crippen molar-refractivity contribution >= 4 is 15.9 Å². The van der Waals surface area contributed by atoms with E-state index in [2.05, 4.69) is 26.1 Å². The molecule has 0 fully saturated rings. The molecule has 0 saturated heterocycles. The highest BCUT2D eigenvalue weighted by atomic mass is 79.9. The lowest BCUT2D eigenvalue weighted by atomic mass is 10.1. The minimum Gasteiger partial charge on any atom is -0.483 e. The standard InChI is InChI=1S/C13H16BrN3O2/c1-8(15)5-10-6-11(14)3-4-12(10)18-7-13-16-9(2)17-19-13/h3-4,6,8H,5,7,15H2,1-2H3. The van der Waals surface area contributed by atoms with Gasteiger partial charge in [0.2, 0.25) is 0 Å². The van der Waals surface area contributed by atoms with Gasteiger partial charge in [0.1, 0.15) is 5.75 Å². The minimum absolute atomic E-state index is 0.0716. The molecule has 1 heterocycles. The molecule has 0 radical (unpaired) electrons. The molecule has 102 valence electrons. The minimum atomic E-state index is 0.0716. The summed E-state index contributed by atoms with van der Waals surface area (Å²) < 4.78 is 11.7. The Morgan fingerprint density at radius 1 is 1.47 bits per heavy atom. The third-order valence-corrected chi connectivity index (χ3v) is 2.98. The molecule has 0 aliphatic carbocycles. The van der Waals surface area contributed by atoms with E-state index in [1.54, 1.807) is 6.92 Å². The molecular weight excluding hydrogens is 310 g/mol. The van der Waals surface area contributed by atoms with Crippen molar-refractivity contribution in [2.45, 2.75) is 32.9 Å². The molecule has 0 aliphatic heterocycles. The molecule has 2 aromatic rings. The molecule has 2 rings (SSSR count). The number of nitrogens with two attached hydrogens (primary N) is 1. The maximum atomic E-state index is 5.84. The van der Waals surface area contributed by atoms with Crippen LogP contribution in [0.1, 0.15) is 24.2 Å². The van der Waals surface area contributed by atoms with Gasteiger partial charge in [0, 0.05) is 10.5 Å². The quantitative estimate of drug-likeness (QED) is 0.914. The van der Waals surface area contributed by atoms with E-state index in [0.717, 1.165) is 22.2 Å². The Balaban J connectivity index is 2.10. The molecule has 0 spiro atoms. The Kier molecular flexibility index (Phi) is 4.55. The first kappa shape index (κ1) is 14.0. The number of hydrogen-bond donors (Lipinski definition) is 1. The Morgan fingerprint density at radius 3 is 2.89 bits per heavy atom. The fourth-order valence-electron chi connectivity index (χ4n) is 1.73. The highest BCUT2D eigenvalue weighted by Gasteiger charge is 2.09. The van der Waals surface area contributed by atoms with E-state index in [1.807, 2.05) is 25.1 Å². The smallest absolute Gasteiger partial charge is 0.264 e. The number of nitrogens with zero attached hydrogens (tertiary/aromatic N) is 2. The van der Waals surface area contributed by atoms with Gasteiger partial charge >= 0.3 is 0 Å². The Labute approximate surface area is 120 Å². The summed E-state index contributed by atoms with van der Waals surface area (Å²) in [4.78, 5) is 4.10. The lowest BCUT2D eigenvalue weighted by Gasteiger charge is -2.12. The second kappa shape index (κ2) is 6.16. The van der Waals surface area contributed by atoms with Gasteiger partial charge in [-0.25, -0.2) is 0 Å². The largest absolute Gasteiger partial charge is 0.483 e. The maximum Gasteiger partial charge on any atom is 0.264 e. The van der Waals surface area contributed by atoms with Gasteiger partial charge in [0.05, 0.1) is 0 Å². The first-order valence-electron chi connectivity index (χ1n) is 6.00. The van der Waals surface area contributed by atoms with Crippen molar-refractivity contribution < 1.29 is 9.26 Å². The molecule has 0 saturated carbocycles. The highest BCUT2D eigenvalue weighted by molar-refractivity contribution is 9.10. The topological polar surface area (TPSA) is 74.2 Å². The highest BCUT2D eigenvalue weighted by Crippen LogP contribution is 2.25. The number of aryl methyl sites for hydroxylation is 1. The number of rotatable bonds is 5. The van der Waals surface area contributed by atoms with E-state index in [4.69, 9.17) is 15.0 Å². The average molecular weight is 326 g/mol. The Morgan fingerprint density at radius 2 is 2.26 bits per heavy atom. The summed E-state index contributed by atoms with van der Waals surface area (Å²) in [5.41, 5.74) is 6.90. The van der Waals surface area contributed by atoms with Gasteiger partial charge in [0.15, 0.2) is 12.4 Å². The van der Waals surface area contributed by atoms with Crippen LogP contribution in [0.4, 0.5) is 0 Å². The molecule has 1 aromatic carbocycles. The van der Waals surface area contributed by atoms with Gasteiger partial charge in [-0.15, -0.1) is 0 Å². The zero-order chi connectivity index (χ0) is 13.8. The van der Waals surface area contributed by atoms with Gasteiger partial charge in [-0.1, -0.05) is 21.1 Å².